The highest BCUT2D eigenvalue weighted by molar-refractivity contribution is 5.82. The van der Waals surface area contributed by atoms with E-state index in [1.54, 1.807) is 12.2 Å². The third-order valence-electron chi connectivity index (χ3n) is 6.85. The highest BCUT2D eigenvalue weighted by Gasteiger charge is 2.33. The van der Waals surface area contributed by atoms with Crippen LogP contribution in [0, 0.1) is 11.8 Å². The molecule has 0 radical (unpaired) electrons. The normalized spacial score (nSPS) is 37.7. The first-order chi connectivity index (χ1) is 16.4. The molecule has 188 valence electrons. The molecule has 34 heavy (non-hydrogen) atoms. The summed E-state index contributed by atoms with van der Waals surface area (Å²) >= 11 is 0. The Kier molecular flexibility index (Phi) is 10.1. The maximum Gasteiger partial charge on any atom is 0.330 e. The Bertz CT molecular complexity index is 797. The molecule has 0 aromatic heterocycles. The van der Waals surface area contributed by atoms with E-state index in [0.717, 1.165) is 37.7 Å². The van der Waals surface area contributed by atoms with E-state index in [2.05, 4.69) is 32.6 Å². The molecule has 4 bridgehead atoms. The van der Waals surface area contributed by atoms with Gasteiger partial charge in [-0.25, -0.2) is 4.79 Å². The fourth-order valence-corrected chi connectivity index (χ4v) is 5.12. The van der Waals surface area contributed by atoms with E-state index in [0.29, 0.717) is 18.8 Å². The largest absolute Gasteiger partial charge is 0.466 e. The third-order valence-corrected chi connectivity index (χ3v) is 6.85. The Morgan fingerprint density at radius 1 is 1.03 bits per heavy atom. The Labute approximate surface area is 204 Å². The molecule has 2 fully saturated rings. The molecule has 0 N–H and O–H groups in total. The summed E-state index contributed by atoms with van der Waals surface area (Å²) in [6.45, 7) is 7.99. The quantitative estimate of drug-likeness (QED) is 0.242. The number of esters is 2. The minimum atomic E-state index is -0.387. The lowest BCUT2D eigenvalue weighted by molar-refractivity contribution is -0.154. The van der Waals surface area contributed by atoms with Gasteiger partial charge in [-0.05, 0) is 50.5 Å². The molecule has 0 aliphatic carbocycles. The van der Waals surface area contributed by atoms with Crippen molar-refractivity contribution in [3.63, 3.8) is 0 Å². The minimum Gasteiger partial charge on any atom is -0.466 e. The number of fused-ring (bicyclic) bond motifs is 4. The van der Waals surface area contributed by atoms with Crippen LogP contribution in [0.4, 0.5) is 0 Å². The van der Waals surface area contributed by atoms with Crippen LogP contribution < -0.4 is 0 Å². The van der Waals surface area contributed by atoms with Crippen LogP contribution in [0.2, 0.25) is 0 Å². The summed E-state index contributed by atoms with van der Waals surface area (Å²) in [5.74, 6) is -0.303. The van der Waals surface area contributed by atoms with Crippen molar-refractivity contribution in [2.24, 2.45) is 11.8 Å². The van der Waals surface area contributed by atoms with Crippen molar-refractivity contribution < 1.29 is 28.5 Å². The lowest BCUT2D eigenvalue weighted by Gasteiger charge is -2.37. The van der Waals surface area contributed by atoms with Crippen LogP contribution >= 0.6 is 0 Å². The van der Waals surface area contributed by atoms with Gasteiger partial charge in [0.1, 0.15) is 6.10 Å². The Balaban J connectivity index is 1.84. The zero-order valence-corrected chi connectivity index (χ0v) is 20.8. The van der Waals surface area contributed by atoms with Crippen molar-refractivity contribution in [1.82, 2.24) is 0 Å². The SMILES string of the molecule is C=C/C=C/C1OC(=O)CC2C/C(=C\C(=O)OC)CC(CC3CCCC(C[C@@H](C)/C=C/C1C)O3)O2. The first-order valence-corrected chi connectivity index (χ1v) is 12.6. The Morgan fingerprint density at radius 3 is 2.47 bits per heavy atom. The Hall–Kier alpha value is -2.18. The number of carbonyl (C=O) groups is 2. The first-order valence-electron chi connectivity index (χ1n) is 12.6. The molecule has 3 rings (SSSR count). The van der Waals surface area contributed by atoms with Crippen LogP contribution in [-0.4, -0.2) is 49.6 Å². The average Bonchev–Trinajstić information content (AvgIpc) is 2.79. The number of carbonyl (C=O) groups excluding carboxylic acids is 2. The van der Waals surface area contributed by atoms with E-state index in [9.17, 15) is 9.59 Å². The van der Waals surface area contributed by atoms with Crippen LogP contribution in [0.15, 0.2) is 48.6 Å². The number of hydrogen-bond acceptors (Lipinski definition) is 6. The maximum absolute atomic E-state index is 12.9. The third kappa shape index (κ3) is 8.24. The summed E-state index contributed by atoms with van der Waals surface area (Å²) in [6.07, 6.45) is 17.0. The monoisotopic (exact) mass is 472 g/mol. The fourth-order valence-electron chi connectivity index (χ4n) is 5.12. The van der Waals surface area contributed by atoms with Crippen molar-refractivity contribution in [1.29, 1.82) is 0 Å². The van der Waals surface area contributed by atoms with E-state index in [4.69, 9.17) is 18.9 Å². The second-order valence-electron chi connectivity index (χ2n) is 9.90. The summed E-state index contributed by atoms with van der Waals surface area (Å²) in [4.78, 5) is 24.8. The van der Waals surface area contributed by atoms with E-state index in [1.807, 2.05) is 12.2 Å². The van der Waals surface area contributed by atoms with Gasteiger partial charge in [0.15, 0.2) is 0 Å². The van der Waals surface area contributed by atoms with E-state index in [-0.39, 0.29) is 54.8 Å². The summed E-state index contributed by atoms with van der Waals surface area (Å²) in [7, 11) is 1.37. The van der Waals surface area contributed by atoms with Crippen LogP contribution in [-0.2, 0) is 28.5 Å². The molecule has 0 amide bonds. The van der Waals surface area contributed by atoms with Gasteiger partial charge in [-0.2, -0.15) is 0 Å². The number of rotatable bonds is 3. The number of ether oxygens (including phenoxy) is 4. The van der Waals surface area contributed by atoms with Crippen LogP contribution in [0.25, 0.3) is 0 Å². The number of allylic oxidation sites excluding steroid dienone is 3. The Morgan fingerprint density at radius 2 is 1.74 bits per heavy atom. The second kappa shape index (κ2) is 13.1. The van der Waals surface area contributed by atoms with Gasteiger partial charge in [0.05, 0.1) is 37.9 Å². The van der Waals surface area contributed by atoms with Gasteiger partial charge < -0.3 is 18.9 Å². The molecular weight excluding hydrogens is 432 g/mol. The summed E-state index contributed by atoms with van der Waals surface area (Å²) in [6, 6.07) is 0. The molecule has 7 atom stereocenters. The molecule has 6 heteroatoms. The van der Waals surface area contributed by atoms with Crippen molar-refractivity contribution in [3.05, 3.63) is 48.6 Å². The summed E-state index contributed by atoms with van der Waals surface area (Å²) in [5, 5.41) is 0. The topological polar surface area (TPSA) is 71.1 Å². The van der Waals surface area contributed by atoms with Gasteiger partial charge in [0, 0.05) is 18.4 Å². The molecule has 6 unspecified atom stereocenters. The van der Waals surface area contributed by atoms with Gasteiger partial charge >= 0.3 is 11.9 Å². The predicted molar refractivity (Wildman–Crippen MR) is 131 cm³/mol. The number of hydrogen-bond donors (Lipinski definition) is 0. The lowest BCUT2D eigenvalue weighted by atomic mass is 9.89. The predicted octanol–water partition coefficient (Wildman–Crippen LogP) is 5.24. The summed E-state index contributed by atoms with van der Waals surface area (Å²) < 4.78 is 23.5. The van der Waals surface area contributed by atoms with Gasteiger partial charge in [-0.15, -0.1) is 0 Å². The molecular formula is C28H40O6. The molecule has 3 aliphatic heterocycles. The van der Waals surface area contributed by atoms with Gasteiger partial charge in [-0.3, -0.25) is 4.79 Å². The second-order valence-corrected chi connectivity index (χ2v) is 9.90. The molecule has 0 spiro atoms. The molecule has 0 aromatic rings. The highest BCUT2D eigenvalue weighted by Crippen LogP contribution is 2.33. The van der Waals surface area contributed by atoms with Crippen LogP contribution in [0.5, 0.6) is 0 Å². The number of methoxy groups -OCH3 is 1. The van der Waals surface area contributed by atoms with Crippen molar-refractivity contribution in [3.8, 4) is 0 Å². The lowest BCUT2D eigenvalue weighted by Crippen LogP contribution is -2.37. The fraction of sp³-hybridized carbons (Fsp3) is 0.643. The first kappa shape index (κ1) is 26.4. The molecule has 3 aliphatic rings. The van der Waals surface area contributed by atoms with Gasteiger partial charge in [-0.1, -0.05) is 50.3 Å². The smallest absolute Gasteiger partial charge is 0.330 e. The van der Waals surface area contributed by atoms with Crippen molar-refractivity contribution in [2.45, 2.75) is 95.7 Å². The zero-order valence-electron chi connectivity index (χ0n) is 20.8. The summed E-state index contributed by atoms with van der Waals surface area (Å²) in [5.41, 5.74) is 0.947. The average molecular weight is 473 g/mol. The van der Waals surface area contributed by atoms with E-state index >= 15 is 0 Å². The van der Waals surface area contributed by atoms with Crippen molar-refractivity contribution in [2.75, 3.05) is 7.11 Å². The minimum absolute atomic E-state index is 0.0188. The zero-order chi connectivity index (χ0) is 24.5. The van der Waals surface area contributed by atoms with Gasteiger partial charge in [0.2, 0.25) is 0 Å². The highest BCUT2D eigenvalue weighted by atomic mass is 16.6. The molecule has 3 heterocycles. The molecule has 2 saturated heterocycles. The van der Waals surface area contributed by atoms with Gasteiger partial charge in [0.25, 0.3) is 0 Å². The van der Waals surface area contributed by atoms with Crippen LogP contribution in [0.1, 0.15) is 65.2 Å². The standard InChI is InChI=1S/C28H40O6/c1-5-6-10-26-20(3)12-11-19(2)13-22-8-7-9-23(32-22)17-24-14-21(16-27(29)31-4)15-25(33-24)18-28(30)34-26/h5-6,10-12,16,19-20,22-26H,1,7-9,13-15,17-18H2,2-4H3/b10-6+,12-11+,21-16-/t19-,20?,22?,23?,24?,25?,26?/m0/s1. The maximum atomic E-state index is 12.9. The molecule has 0 aromatic carbocycles. The van der Waals surface area contributed by atoms with Crippen LogP contribution in [0.3, 0.4) is 0 Å². The van der Waals surface area contributed by atoms with E-state index < -0.39 is 0 Å². The van der Waals surface area contributed by atoms with E-state index in [1.165, 1.54) is 7.11 Å². The van der Waals surface area contributed by atoms with Crippen molar-refractivity contribution >= 4 is 11.9 Å². The molecule has 0 saturated carbocycles. The number of cyclic esters (lactones) is 1. The molecule has 6 nitrogen and oxygen atoms in total.